The standard InChI is InChI=1S/C20H24N2O3.C2H6/c1-5-6-9-24-19-10-15(2)20(16(3)11-19)25-14-18-8-7-17(12-21-18)13-22-23-4;1-2/h5-8,10-13H,9,14H2,1-4H3;1-2H3/b6-5+,22-13?;. The first-order valence-electron chi connectivity index (χ1n) is 9.13. The van der Waals surface area contributed by atoms with Crippen molar-refractivity contribution in [2.45, 2.75) is 41.2 Å². The number of nitrogens with zero attached hydrogens (tertiary/aromatic N) is 2. The Balaban J connectivity index is 0.00000176. The minimum absolute atomic E-state index is 0.405. The molecule has 5 heteroatoms. The van der Waals surface area contributed by atoms with E-state index in [4.69, 9.17) is 9.47 Å². The first-order valence-corrected chi connectivity index (χ1v) is 9.13. The molecule has 0 atom stereocenters. The lowest BCUT2D eigenvalue weighted by Gasteiger charge is -2.14. The summed E-state index contributed by atoms with van der Waals surface area (Å²) in [5.41, 5.74) is 3.81. The highest BCUT2D eigenvalue weighted by Gasteiger charge is 2.08. The number of aromatic nitrogens is 1. The second kappa shape index (κ2) is 12.5. The van der Waals surface area contributed by atoms with Crippen molar-refractivity contribution >= 4 is 6.21 Å². The van der Waals surface area contributed by atoms with Crippen LogP contribution < -0.4 is 9.47 Å². The number of aryl methyl sites for hydroxylation is 2. The van der Waals surface area contributed by atoms with Crippen LogP contribution in [0.15, 0.2) is 47.8 Å². The minimum Gasteiger partial charge on any atom is -0.490 e. The maximum atomic E-state index is 5.96. The van der Waals surface area contributed by atoms with Crippen LogP contribution in [0, 0.1) is 13.8 Å². The highest BCUT2D eigenvalue weighted by Crippen LogP contribution is 2.29. The van der Waals surface area contributed by atoms with Gasteiger partial charge in [0, 0.05) is 11.8 Å². The molecule has 0 bridgehead atoms. The van der Waals surface area contributed by atoms with E-state index >= 15 is 0 Å². The van der Waals surface area contributed by atoms with Gasteiger partial charge < -0.3 is 14.3 Å². The Kier molecular flexibility index (Phi) is 10.3. The van der Waals surface area contributed by atoms with Gasteiger partial charge in [0.1, 0.15) is 31.8 Å². The summed E-state index contributed by atoms with van der Waals surface area (Å²) >= 11 is 0. The highest BCUT2D eigenvalue weighted by atomic mass is 16.6. The first-order chi connectivity index (χ1) is 13.1. The molecular weight excluding hydrogens is 340 g/mol. The van der Waals surface area contributed by atoms with Gasteiger partial charge in [0.15, 0.2) is 0 Å². The number of rotatable bonds is 8. The van der Waals surface area contributed by atoms with Gasteiger partial charge in [-0.3, -0.25) is 4.98 Å². The Bertz CT molecular complexity index is 715. The van der Waals surface area contributed by atoms with Gasteiger partial charge in [0.2, 0.25) is 0 Å². The summed E-state index contributed by atoms with van der Waals surface area (Å²) in [5, 5.41) is 3.71. The maximum Gasteiger partial charge on any atom is 0.130 e. The van der Waals surface area contributed by atoms with Gasteiger partial charge in [0.25, 0.3) is 0 Å². The molecule has 0 saturated carbocycles. The molecule has 27 heavy (non-hydrogen) atoms. The summed E-state index contributed by atoms with van der Waals surface area (Å²) in [7, 11) is 1.51. The number of pyridine rings is 1. The molecule has 0 radical (unpaired) electrons. The Morgan fingerprint density at radius 2 is 1.78 bits per heavy atom. The molecule has 0 N–H and O–H groups in total. The zero-order valence-corrected chi connectivity index (χ0v) is 17.2. The van der Waals surface area contributed by atoms with Crippen molar-refractivity contribution in [2.75, 3.05) is 13.7 Å². The van der Waals surface area contributed by atoms with Crippen molar-refractivity contribution in [2.24, 2.45) is 5.16 Å². The van der Waals surface area contributed by atoms with E-state index in [2.05, 4.69) is 15.0 Å². The van der Waals surface area contributed by atoms with Crippen LogP contribution in [0.2, 0.25) is 0 Å². The molecule has 0 saturated heterocycles. The fourth-order valence-electron chi connectivity index (χ4n) is 2.32. The molecule has 0 aliphatic carbocycles. The molecule has 1 aromatic heterocycles. The highest BCUT2D eigenvalue weighted by molar-refractivity contribution is 5.78. The lowest BCUT2D eigenvalue weighted by atomic mass is 10.1. The second-order valence-electron chi connectivity index (χ2n) is 5.55. The number of benzene rings is 1. The molecule has 1 heterocycles. The van der Waals surface area contributed by atoms with Crippen LogP contribution in [0.5, 0.6) is 11.5 Å². The molecule has 2 aromatic rings. The van der Waals surface area contributed by atoms with E-state index in [1.165, 1.54) is 7.11 Å². The summed E-state index contributed by atoms with van der Waals surface area (Å²) in [6.07, 6.45) is 7.29. The van der Waals surface area contributed by atoms with E-state index in [1.54, 1.807) is 12.4 Å². The Morgan fingerprint density at radius 1 is 1.07 bits per heavy atom. The van der Waals surface area contributed by atoms with E-state index < -0.39 is 0 Å². The van der Waals surface area contributed by atoms with E-state index in [9.17, 15) is 0 Å². The van der Waals surface area contributed by atoms with Crippen molar-refractivity contribution in [3.05, 3.63) is 65.0 Å². The predicted octanol–water partition coefficient (Wildman–Crippen LogP) is 5.24. The quantitative estimate of drug-likeness (QED) is 0.362. The molecule has 0 aliphatic heterocycles. The first kappa shape index (κ1) is 22.2. The SMILES string of the molecule is C/C=C/COc1cc(C)c(OCc2ccc(C=NOC)cn2)c(C)c1.CC. The largest absolute Gasteiger partial charge is 0.490 e. The van der Waals surface area contributed by atoms with E-state index in [0.717, 1.165) is 33.9 Å². The van der Waals surface area contributed by atoms with Crippen molar-refractivity contribution in [1.82, 2.24) is 4.98 Å². The third-order valence-electron chi connectivity index (χ3n) is 3.53. The van der Waals surface area contributed by atoms with E-state index in [0.29, 0.717) is 13.2 Å². The number of ether oxygens (including phenoxy) is 2. The molecular formula is C22H30N2O3. The van der Waals surface area contributed by atoms with Crippen LogP contribution >= 0.6 is 0 Å². The normalized spacial score (nSPS) is 10.6. The molecule has 0 unspecified atom stereocenters. The van der Waals surface area contributed by atoms with Crippen molar-refractivity contribution < 1.29 is 14.3 Å². The fourth-order valence-corrected chi connectivity index (χ4v) is 2.32. The molecule has 0 aliphatic rings. The van der Waals surface area contributed by atoms with E-state index in [1.807, 2.05) is 71.0 Å². The number of allylic oxidation sites excluding steroid dienone is 1. The molecule has 2 rings (SSSR count). The number of oxime groups is 1. The fraction of sp³-hybridized carbons (Fsp3) is 0.364. The Morgan fingerprint density at radius 3 is 2.33 bits per heavy atom. The van der Waals surface area contributed by atoms with Crippen LogP contribution in [0.1, 0.15) is 43.2 Å². The van der Waals surface area contributed by atoms with Gasteiger partial charge in [-0.2, -0.15) is 0 Å². The summed E-state index contributed by atoms with van der Waals surface area (Å²) in [6, 6.07) is 7.81. The van der Waals surface area contributed by atoms with Crippen LogP contribution in [0.25, 0.3) is 0 Å². The van der Waals surface area contributed by atoms with Crippen molar-refractivity contribution in [3.8, 4) is 11.5 Å². The topological polar surface area (TPSA) is 52.9 Å². The summed E-state index contributed by atoms with van der Waals surface area (Å²) in [5.74, 6) is 1.71. The van der Waals surface area contributed by atoms with Gasteiger partial charge in [-0.15, -0.1) is 0 Å². The van der Waals surface area contributed by atoms with Crippen LogP contribution in [0.4, 0.5) is 0 Å². The van der Waals surface area contributed by atoms with Crippen molar-refractivity contribution in [3.63, 3.8) is 0 Å². The Labute approximate surface area is 162 Å². The predicted molar refractivity (Wildman–Crippen MR) is 111 cm³/mol. The second-order valence-corrected chi connectivity index (χ2v) is 5.55. The lowest BCUT2D eigenvalue weighted by molar-refractivity contribution is 0.215. The van der Waals surface area contributed by atoms with Gasteiger partial charge in [0.05, 0.1) is 11.9 Å². The Hall–Kier alpha value is -2.82. The average molecular weight is 370 g/mol. The summed E-state index contributed by atoms with van der Waals surface area (Å²) < 4.78 is 11.7. The van der Waals surface area contributed by atoms with Gasteiger partial charge in [-0.25, -0.2) is 0 Å². The van der Waals surface area contributed by atoms with Crippen LogP contribution in [-0.4, -0.2) is 24.9 Å². The van der Waals surface area contributed by atoms with Gasteiger partial charge in [-0.1, -0.05) is 31.2 Å². The van der Waals surface area contributed by atoms with Gasteiger partial charge >= 0.3 is 0 Å². The molecule has 5 nitrogen and oxygen atoms in total. The van der Waals surface area contributed by atoms with Gasteiger partial charge in [-0.05, 0) is 56.2 Å². The van der Waals surface area contributed by atoms with E-state index in [-0.39, 0.29) is 0 Å². The lowest BCUT2D eigenvalue weighted by Crippen LogP contribution is -2.02. The summed E-state index contributed by atoms with van der Waals surface area (Å²) in [4.78, 5) is 9.02. The zero-order chi connectivity index (χ0) is 20.1. The molecule has 146 valence electrons. The van der Waals surface area contributed by atoms with Crippen LogP contribution in [0.3, 0.4) is 0 Å². The zero-order valence-electron chi connectivity index (χ0n) is 17.2. The smallest absolute Gasteiger partial charge is 0.130 e. The maximum absolute atomic E-state index is 5.96. The molecule has 0 spiro atoms. The van der Waals surface area contributed by atoms with Crippen LogP contribution in [-0.2, 0) is 11.4 Å². The monoisotopic (exact) mass is 370 g/mol. The summed E-state index contributed by atoms with van der Waals surface area (Å²) in [6.45, 7) is 11.0. The third-order valence-corrected chi connectivity index (χ3v) is 3.53. The van der Waals surface area contributed by atoms with Crippen molar-refractivity contribution in [1.29, 1.82) is 0 Å². The minimum atomic E-state index is 0.405. The average Bonchev–Trinajstić information content (AvgIpc) is 2.68. The number of hydrogen-bond acceptors (Lipinski definition) is 5. The third kappa shape index (κ3) is 7.52. The molecule has 1 aromatic carbocycles. The molecule has 0 amide bonds. The molecule has 0 fully saturated rings. The number of hydrogen-bond donors (Lipinski definition) is 0.